The number of piperazine rings is 1. The second kappa shape index (κ2) is 9.80. The molecule has 29 heavy (non-hydrogen) atoms. The first-order chi connectivity index (χ1) is 13.8. The van der Waals surface area contributed by atoms with Gasteiger partial charge >= 0.3 is 6.18 Å². The molecule has 8 heteroatoms. The molecule has 1 unspecified atom stereocenters. The first-order valence-corrected chi connectivity index (χ1v) is 10.4. The third-order valence-corrected chi connectivity index (χ3v) is 5.82. The predicted octanol–water partition coefficient (Wildman–Crippen LogP) is 2.74. The highest BCUT2D eigenvalue weighted by molar-refractivity contribution is 5.80. The summed E-state index contributed by atoms with van der Waals surface area (Å²) in [7, 11) is 3.98. The largest absolute Gasteiger partial charge is 0.416 e. The predicted molar refractivity (Wildman–Crippen MR) is 110 cm³/mol. The van der Waals surface area contributed by atoms with Gasteiger partial charge in [-0.2, -0.15) is 13.2 Å². The maximum atomic E-state index is 12.9. The van der Waals surface area contributed by atoms with Crippen molar-refractivity contribution in [2.24, 2.45) is 10.9 Å². The van der Waals surface area contributed by atoms with E-state index in [9.17, 15) is 13.2 Å². The van der Waals surface area contributed by atoms with Gasteiger partial charge in [0.1, 0.15) is 0 Å². The topological polar surface area (TPSA) is 34.1 Å². The molecule has 162 valence electrons. The Hall–Kier alpha value is -1.80. The normalized spacial score (nSPS) is 22.7. The quantitative estimate of drug-likeness (QED) is 0.610. The van der Waals surface area contributed by atoms with Crippen LogP contribution in [0.4, 0.5) is 13.2 Å². The van der Waals surface area contributed by atoms with Crippen molar-refractivity contribution < 1.29 is 13.2 Å². The Balaban J connectivity index is 1.46. The maximum Gasteiger partial charge on any atom is 0.416 e. The van der Waals surface area contributed by atoms with E-state index < -0.39 is 11.7 Å². The van der Waals surface area contributed by atoms with Gasteiger partial charge < -0.3 is 15.1 Å². The van der Waals surface area contributed by atoms with Crippen molar-refractivity contribution in [2.75, 3.05) is 59.9 Å². The molecule has 0 aliphatic carbocycles. The van der Waals surface area contributed by atoms with Gasteiger partial charge in [-0.05, 0) is 44.0 Å². The van der Waals surface area contributed by atoms with Gasteiger partial charge in [-0.25, -0.2) is 0 Å². The van der Waals surface area contributed by atoms with Gasteiger partial charge in [0.05, 0.1) is 5.56 Å². The summed E-state index contributed by atoms with van der Waals surface area (Å²) in [5, 5.41) is 3.52. The molecule has 3 rings (SSSR count). The molecule has 2 aliphatic heterocycles. The summed E-state index contributed by atoms with van der Waals surface area (Å²) in [5.41, 5.74) is 0.129. The molecule has 0 amide bonds. The minimum absolute atomic E-state index is 0.540. The van der Waals surface area contributed by atoms with Crippen LogP contribution < -0.4 is 5.32 Å². The molecule has 0 spiro atoms. The molecule has 2 heterocycles. The number of aliphatic imine (C=N–C) groups is 1. The van der Waals surface area contributed by atoms with Crippen molar-refractivity contribution in [1.82, 2.24) is 20.0 Å². The summed E-state index contributed by atoms with van der Waals surface area (Å²) in [6, 6.07) is 5.64. The molecular weight excluding hydrogens is 379 g/mol. The van der Waals surface area contributed by atoms with E-state index in [1.807, 2.05) is 7.05 Å². The van der Waals surface area contributed by atoms with Gasteiger partial charge in [0.2, 0.25) is 0 Å². The van der Waals surface area contributed by atoms with Crippen LogP contribution in [0.3, 0.4) is 0 Å². The number of nitrogens with one attached hydrogen (secondary N) is 1. The van der Waals surface area contributed by atoms with Gasteiger partial charge in [0.25, 0.3) is 0 Å². The Kier molecular flexibility index (Phi) is 7.40. The molecule has 5 nitrogen and oxygen atoms in total. The third-order valence-electron chi connectivity index (χ3n) is 5.82. The van der Waals surface area contributed by atoms with Crippen molar-refractivity contribution in [1.29, 1.82) is 0 Å². The Labute approximate surface area is 171 Å². The molecule has 1 aromatic rings. The van der Waals surface area contributed by atoms with Crippen LogP contribution in [0, 0.1) is 5.92 Å². The van der Waals surface area contributed by atoms with Gasteiger partial charge in [-0.1, -0.05) is 18.2 Å². The fraction of sp³-hybridized carbons (Fsp3) is 0.667. The zero-order chi connectivity index (χ0) is 20.9. The molecule has 0 radical (unpaired) electrons. The van der Waals surface area contributed by atoms with Gasteiger partial charge in [-0.3, -0.25) is 9.89 Å². The number of guanidine groups is 1. The Morgan fingerprint density at radius 2 is 1.93 bits per heavy atom. The lowest BCUT2D eigenvalue weighted by Gasteiger charge is -2.37. The lowest BCUT2D eigenvalue weighted by molar-refractivity contribution is -0.137. The first-order valence-electron chi connectivity index (χ1n) is 10.4. The number of hydrogen-bond donors (Lipinski definition) is 1. The first kappa shape index (κ1) is 21.9. The Bertz CT molecular complexity index is 683. The molecule has 1 N–H and O–H groups in total. The average molecular weight is 412 g/mol. The van der Waals surface area contributed by atoms with E-state index in [1.54, 1.807) is 6.07 Å². The van der Waals surface area contributed by atoms with Gasteiger partial charge in [0, 0.05) is 52.9 Å². The van der Waals surface area contributed by atoms with Crippen LogP contribution in [0.15, 0.2) is 29.3 Å². The molecular formula is C21H32F3N5. The Morgan fingerprint density at radius 1 is 1.17 bits per heavy atom. The summed E-state index contributed by atoms with van der Waals surface area (Å²) in [5.74, 6) is 1.57. The summed E-state index contributed by atoms with van der Waals surface area (Å²) in [6.45, 7) is 7.03. The number of benzene rings is 1. The maximum absolute atomic E-state index is 12.9. The highest BCUT2D eigenvalue weighted by Gasteiger charge is 2.30. The number of hydrogen-bond acceptors (Lipinski definition) is 3. The molecule has 1 aromatic carbocycles. The van der Waals surface area contributed by atoms with Crippen molar-refractivity contribution in [3.63, 3.8) is 0 Å². The number of piperidine rings is 1. The minimum Gasteiger partial charge on any atom is -0.356 e. The second-order valence-electron chi connectivity index (χ2n) is 8.16. The second-order valence-corrected chi connectivity index (χ2v) is 8.16. The van der Waals surface area contributed by atoms with E-state index in [2.05, 4.69) is 32.1 Å². The molecule has 0 bridgehead atoms. The molecule has 2 fully saturated rings. The van der Waals surface area contributed by atoms with Crippen molar-refractivity contribution in [3.8, 4) is 0 Å². The number of halogens is 3. The lowest BCUT2D eigenvalue weighted by Crippen LogP contribution is -2.53. The van der Waals surface area contributed by atoms with Gasteiger partial charge in [0.15, 0.2) is 5.96 Å². The van der Waals surface area contributed by atoms with Crippen molar-refractivity contribution in [2.45, 2.75) is 25.6 Å². The lowest BCUT2D eigenvalue weighted by atomic mass is 9.98. The van der Waals surface area contributed by atoms with E-state index in [1.165, 1.54) is 31.5 Å². The van der Waals surface area contributed by atoms with E-state index in [0.29, 0.717) is 18.0 Å². The highest BCUT2D eigenvalue weighted by Crippen LogP contribution is 2.29. The minimum atomic E-state index is -4.29. The summed E-state index contributed by atoms with van der Waals surface area (Å²) >= 11 is 0. The average Bonchev–Trinajstić information content (AvgIpc) is 2.69. The summed E-state index contributed by atoms with van der Waals surface area (Å²) in [4.78, 5) is 11.3. The molecule has 0 saturated carbocycles. The number of likely N-dealkylation sites (tertiary alicyclic amines) is 1. The monoisotopic (exact) mass is 411 g/mol. The van der Waals surface area contributed by atoms with Crippen molar-refractivity contribution in [3.05, 3.63) is 35.4 Å². The smallest absolute Gasteiger partial charge is 0.356 e. The molecule has 0 aromatic heterocycles. The fourth-order valence-corrected chi connectivity index (χ4v) is 4.23. The van der Waals surface area contributed by atoms with E-state index in [-0.39, 0.29) is 0 Å². The van der Waals surface area contributed by atoms with Crippen LogP contribution in [0.2, 0.25) is 0 Å². The Morgan fingerprint density at radius 3 is 2.59 bits per heavy atom. The molecule has 1 atom stereocenters. The summed E-state index contributed by atoms with van der Waals surface area (Å²) < 4.78 is 38.7. The summed E-state index contributed by atoms with van der Waals surface area (Å²) in [6.07, 6.45) is -1.80. The zero-order valence-electron chi connectivity index (χ0n) is 17.4. The van der Waals surface area contributed by atoms with Gasteiger partial charge in [-0.15, -0.1) is 0 Å². The number of alkyl halides is 3. The number of rotatable bonds is 4. The standard InChI is InChI=1S/C21H32F3N5/c1-25-20(26-14-18-6-4-8-27(2)15-18)29-11-9-28(10-12-29)16-17-5-3-7-19(13-17)21(22,23)24/h3,5,7,13,18H,4,6,8-12,14-16H2,1-2H3,(H,25,26). The fourth-order valence-electron chi connectivity index (χ4n) is 4.23. The van der Waals surface area contributed by atoms with Crippen LogP contribution in [0.25, 0.3) is 0 Å². The van der Waals surface area contributed by atoms with E-state index in [0.717, 1.165) is 51.3 Å². The van der Waals surface area contributed by atoms with Crippen LogP contribution >= 0.6 is 0 Å². The number of nitrogens with zero attached hydrogens (tertiary/aromatic N) is 4. The van der Waals surface area contributed by atoms with E-state index in [4.69, 9.17) is 0 Å². The van der Waals surface area contributed by atoms with Crippen LogP contribution in [0.1, 0.15) is 24.0 Å². The third kappa shape index (κ3) is 6.34. The molecule has 2 saturated heterocycles. The van der Waals surface area contributed by atoms with E-state index >= 15 is 0 Å². The SMILES string of the molecule is CN=C(NCC1CCCN(C)C1)N1CCN(Cc2cccc(C(F)(F)F)c2)CC1. The highest BCUT2D eigenvalue weighted by atomic mass is 19.4. The van der Waals surface area contributed by atoms with Crippen LogP contribution in [-0.4, -0.2) is 80.6 Å². The van der Waals surface area contributed by atoms with Crippen molar-refractivity contribution >= 4 is 5.96 Å². The van der Waals surface area contributed by atoms with Crippen LogP contribution in [-0.2, 0) is 12.7 Å². The molecule has 2 aliphatic rings. The van der Waals surface area contributed by atoms with Crippen LogP contribution in [0.5, 0.6) is 0 Å². The zero-order valence-corrected chi connectivity index (χ0v) is 17.4.